The third-order valence-corrected chi connectivity index (χ3v) is 5.90. The molecule has 1 aliphatic heterocycles. The topological polar surface area (TPSA) is 85.2 Å². The van der Waals surface area contributed by atoms with E-state index < -0.39 is 0 Å². The van der Waals surface area contributed by atoms with Gasteiger partial charge in [0.15, 0.2) is 10.8 Å². The smallest absolute Gasteiger partial charge is 0.251 e. The Balaban J connectivity index is 1.46. The SMILES string of the molecule is CCOc1ccc(C(=O)NCCn2ncc3c(N4CCCC4)nc(SCC)nc32)cc1. The molecule has 1 fully saturated rings. The van der Waals surface area contributed by atoms with E-state index in [9.17, 15) is 4.79 Å². The Bertz CT molecular complexity index is 1030. The van der Waals surface area contributed by atoms with Crippen molar-refractivity contribution in [1.29, 1.82) is 0 Å². The molecule has 3 aromatic rings. The van der Waals surface area contributed by atoms with Crippen molar-refractivity contribution in [1.82, 2.24) is 25.1 Å². The summed E-state index contributed by atoms with van der Waals surface area (Å²) in [7, 11) is 0. The second-order valence-corrected chi connectivity index (χ2v) is 8.51. The molecule has 0 saturated carbocycles. The minimum Gasteiger partial charge on any atom is -0.494 e. The standard InChI is InChI=1S/C22H28N6O2S/c1-3-30-17-9-7-16(8-10-17)21(29)23-11-14-28-20-18(15-24-28)19(27-12-5-6-13-27)25-22(26-20)31-4-2/h7-10,15H,3-6,11-14H2,1-2H3,(H,23,29). The molecule has 0 unspecified atom stereocenters. The van der Waals surface area contributed by atoms with Gasteiger partial charge in [-0.1, -0.05) is 18.7 Å². The highest BCUT2D eigenvalue weighted by Crippen LogP contribution is 2.29. The minimum absolute atomic E-state index is 0.117. The molecule has 4 rings (SSSR count). The number of benzene rings is 1. The van der Waals surface area contributed by atoms with Crippen LogP contribution in [-0.4, -0.2) is 57.6 Å². The number of rotatable bonds is 9. The number of amides is 1. The van der Waals surface area contributed by atoms with E-state index in [1.807, 2.05) is 29.9 Å². The molecule has 9 heteroatoms. The van der Waals surface area contributed by atoms with Gasteiger partial charge < -0.3 is 15.0 Å². The molecule has 31 heavy (non-hydrogen) atoms. The van der Waals surface area contributed by atoms with Crippen molar-refractivity contribution in [2.24, 2.45) is 0 Å². The normalized spacial score (nSPS) is 13.7. The number of thioether (sulfide) groups is 1. The molecule has 1 amide bonds. The highest BCUT2D eigenvalue weighted by atomic mass is 32.2. The summed E-state index contributed by atoms with van der Waals surface area (Å²) in [5.74, 6) is 2.53. The summed E-state index contributed by atoms with van der Waals surface area (Å²) in [4.78, 5) is 24.3. The highest BCUT2D eigenvalue weighted by molar-refractivity contribution is 7.99. The Kier molecular flexibility index (Phi) is 6.91. The van der Waals surface area contributed by atoms with E-state index in [-0.39, 0.29) is 5.91 Å². The number of nitrogens with one attached hydrogen (secondary N) is 1. The first-order valence-corrected chi connectivity index (χ1v) is 11.8. The van der Waals surface area contributed by atoms with Gasteiger partial charge in [0.2, 0.25) is 0 Å². The third-order valence-electron chi connectivity index (χ3n) is 5.17. The van der Waals surface area contributed by atoms with Crippen molar-refractivity contribution < 1.29 is 9.53 Å². The van der Waals surface area contributed by atoms with E-state index in [0.29, 0.717) is 25.3 Å². The maximum atomic E-state index is 12.5. The van der Waals surface area contributed by atoms with Gasteiger partial charge in [-0.05, 0) is 49.8 Å². The fraction of sp³-hybridized carbons (Fsp3) is 0.455. The molecule has 0 spiro atoms. The Morgan fingerprint density at radius 1 is 1.16 bits per heavy atom. The van der Waals surface area contributed by atoms with Crippen LogP contribution in [0.3, 0.4) is 0 Å². The number of anilines is 1. The van der Waals surface area contributed by atoms with Gasteiger partial charge in [-0.3, -0.25) is 4.79 Å². The molecule has 0 atom stereocenters. The second kappa shape index (κ2) is 10.00. The fourth-order valence-corrected chi connectivity index (χ4v) is 4.26. The summed E-state index contributed by atoms with van der Waals surface area (Å²) in [5.41, 5.74) is 1.43. The average molecular weight is 441 g/mol. The van der Waals surface area contributed by atoms with Gasteiger partial charge in [0, 0.05) is 25.2 Å². The first kappa shape index (κ1) is 21.4. The van der Waals surface area contributed by atoms with Crippen LogP contribution >= 0.6 is 11.8 Å². The maximum Gasteiger partial charge on any atom is 0.251 e. The number of hydrogen-bond acceptors (Lipinski definition) is 7. The Morgan fingerprint density at radius 3 is 2.65 bits per heavy atom. The summed E-state index contributed by atoms with van der Waals surface area (Å²) in [6.45, 7) is 7.67. The Morgan fingerprint density at radius 2 is 1.94 bits per heavy atom. The van der Waals surface area contributed by atoms with Crippen molar-refractivity contribution in [3.05, 3.63) is 36.0 Å². The van der Waals surface area contributed by atoms with Crippen LogP contribution < -0.4 is 15.0 Å². The molecule has 0 radical (unpaired) electrons. The van der Waals surface area contributed by atoms with Crippen LogP contribution in [0, 0.1) is 0 Å². The summed E-state index contributed by atoms with van der Waals surface area (Å²) >= 11 is 1.64. The number of hydrogen-bond donors (Lipinski definition) is 1. The van der Waals surface area contributed by atoms with Crippen LogP contribution in [-0.2, 0) is 6.54 Å². The van der Waals surface area contributed by atoms with Crippen LogP contribution in [0.2, 0.25) is 0 Å². The molecule has 3 heterocycles. The molecule has 2 aromatic heterocycles. The Hall–Kier alpha value is -2.81. The van der Waals surface area contributed by atoms with E-state index in [0.717, 1.165) is 46.6 Å². The Labute approximate surface area is 186 Å². The van der Waals surface area contributed by atoms with Crippen LogP contribution in [0.1, 0.15) is 37.0 Å². The molecule has 1 aliphatic rings. The summed E-state index contributed by atoms with van der Waals surface area (Å²) < 4.78 is 7.28. The molecule has 164 valence electrons. The molecule has 8 nitrogen and oxygen atoms in total. The molecule has 1 aromatic carbocycles. The number of carbonyl (C=O) groups excluding carboxylic acids is 1. The zero-order chi connectivity index (χ0) is 21.6. The van der Waals surface area contributed by atoms with Crippen LogP contribution in [0.5, 0.6) is 5.75 Å². The predicted molar refractivity (Wildman–Crippen MR) is 123 cm³/mol. The van der Waals surface area contributed by atoms with Gasteiger partial charge in [0.25, 0.3) is 5.91 Å². The van der Waals surface area contributed by atoms with Gasteiger partial charge in [0.1, 0.15) is 11.6 Å². The fourth-order valence-electron chi connectivity index (χ4n) is 3.69. The number of nitrogens with zero attached hydrogens (tertiary/aromatic N) is 5. The van der Waals surface area contributed by atoms with Gasteiger partial charge in [0.05, 0.1) is 24.7 Å². The minimum atomic E-state index is -0.117. The van der Waals surface area contributed by atoms with Gasteiger partial charge in [-0.2, -0.15) is 5.10 Å². The first-order chi connectivity index (χ1) is 15.2. The molecular weight excluding hydrogens is 412 g/mol. The lowest BCUT2D eigenvalue weighted by Crippen LogP contribution is -2.27. The van der Waals surface area contributed by atoms with E-state index >= 15 is 0 Å². The van der Waals surface area contributed by atoms with Gasteiger partial charge >= 0.3 is 0 Å². The zero-order valence-corrected chi connectivity index (χ0v) is 18.8. The number of aromatic nitrogens is 4. The summed E-state index contributed by atoms with van der Waals surface area (Å²) in [6.07, 6.45) is 4.22. The monoisotopic (exact) mass is 440 g/mol. The lowest BCUT2D eigenvalue weighted by molar-refractivity contribution is 0.0952. The lowest BCUT2D eigenvalue weighted by Gasteiger charge is -2.17. The van der Waals surface area contributed by atoms with Crippen LogP contribution in [0.15, 0.2) is 35.6 Å². The molecular formula is C22H28N6O2S. The average Bonchev–Trinajstić information content (AvgIpc) is 3.45. The predicted octanol–water partition coefficient (Wildman–Crippen LogP) is 3.37. The van der Waals surface area contributed by atoms with Crippen LogP contribution in [0.25, 0.3) is 11.0 Å². The molecule has 0 aliphatic carbocycles. The molecule has 1 saturated heterocycles. The van der Waals surface area contributed by atoms with E-state index in [4.69, 9.17) is 14.7 Å². The number of carbonyl (C=O) groups is 1. The van der Waals surface area contributed by atoms with E-state index in [1.54, 1.807) is 23.9 Å². The van der Waals surface area contributed by atoms with Crippen molar-refractivity contribution in [2.45, 2.75) is 38.4 Å². The quantitative estimate of drug-likeness (QED) is 0.403. The maximum absolute atomic E-state index is 12.5. The number of fused-ring (bicyclic) bond motifs is 1. The molecule has 0 bridgehead atoms. The first-order valence-electron chi connectivity index (χ1n) is 10.8. The largest absolute Gasteiger partial charge is 0.494 e. The van der Waals surface area contributed by atoms with E-state index in [2.05, 4.69) is 22.2 Å². The van der Waals surface area contributed by atoms with Crippen LogP contribution in [0.4, 0.5) is 5.82 Å². The van der Waals surface area contributed by atoms with Crippen molar-refractivity contribution >= 4 is 34.5 Å². The third kappa shape index (κ3) is 4.92. The second-order valence-electron chi connectivity index (χ2n) is 7.28. The zero-order valence-electron chi connectivity index (χ0n) is 18.0. The number of ether oxygens (including phenoxy) is 1. The summed E-state index contributed by atoms with van der Waals surface area (Å²) in [5, 5.41) is 9.25. The van der Waals surface area contributed by atoms with Gasteiger partial charge in [-0.25, -0.2) is 14.6 Å². The molecule has 1 N–H and O–H groups in total. The van der Waals surface area contributed by atoms with Crippen molar-refractivity contribution in [3.63, 3.8) is 0 Å². The van der Waals surface area contributed by atoms with Crippen molar-refractivity contribution in [2.75, 3.05) is 36.9 Å². The van der Waals surface area contributed by atoms with Gasteiger partial charge in [-0.15, -0.1) is 0 Å². The summed E-state index contributed by atoms with van der Waals surface area (Å²) in [6, 6.07) is 7.16. The van der Waals surface area contributed by atoms with E-state index in [1.165, 1.54) is 12.8 Å². The highest BCUT2D eigenvalue weighted by Gasteiger charge is 2.20. The van der Waals surface area contributed by atoms with Crippen molar-refractivity contribution in [3.8, 4) is 5.75 Å². The lowest BCUT2D eigenvalue weighted by atomic mass is 10.2.